The summed E-state index contributed by atoms with van der Waals surface area (Å²) in [5, 5.41) is 0.995. The van der Waals surface area contributed by atoms with Gasteiger partial charge in [0.25, 0.3) is 15.9 Å². The maximum absolute atomic E-state index is 12.8. The van der Waals surface area contributed by atoms with Gasteiger partial charge in [0.15, 0.2) is 15.8 Å². The summed E-state index contributed by atoms with van der Waals surface area (Å²) in [4.78, 5) is 15.4. The summed E-state index contributed by atoms with van der Waals surface area (Å²) in [5.74, 6) is -1.32. The van der Waals surface area contributed by atoms with Crippen LogP contribution in [0.25, 0.3) is 5.57 Å². The highest BCUT2D eigenvalue weighted by Crippen LogP contribution is 2.35. The summed E-state index contributed by atoms with van der Waals surface area (Å²) in [6, 6.07) is 11.4. The van der Waals surface area contributed by atoms with Crippen molar-refractivity contribution in [2.75, 3.05) is 10.6 Å². The lowest BCUT2D eigenvalue weighted by Crippen LogP contribution is -2.28. The maximum Gasteiger partial charge on any atom is 0.280 e. The molecule has 0 bridgehead atoms. The van der Waals surface area contributed by atoms with Crippen molar-refractivity contribution in [1.82, 2.24) is 0 Å². The lowest BCUT2D eigenvalue weighted by Gasteiger charge is -2.25. The number of sulfonamides is 1. The number of amides is 1. The average molecular weight is 461 g/mol. The Hall–Kier alpha value is -3.44. The Morgan fingerprint density at radius 1 is 1.10 bits per heavy atom. The molecular formula is C20H20N4O5S2. The van der Waals surface area contributed by atoms with Crippen molar-refractivity contribution in [2.24, 2.45) is 16.5 Å². The summed E-state index contributed by atoms with van der Waals surface area (Å²) < 4.78 is 51.5. The number of hydrogen-bond donors (Lipinski definition) is 2. The molecule has 1 amide bonds. The minimum Gasteiger partial charge on any atom is -0.370 e. The Morgan fingerprint density at radius 3 is 2.32 bits per heavy atom. The lowest BCUT2D eigenvalue weighted by atomic mass is 10.1. The molecule has 2 aromatic carbocycles. The van der Waals surface area contributed by atoms with Crippen LogP contribution < -0.4 is 15.8 Å². The third-order valence-electron chi connectivity index (χ3n) is 4.46. The number of allylic oxidation sites excluding steroid dienone is 2. The molecule has 11 heteroatoms. The first-order chi connectivity index (χ1) is 14.4. The van der Waals surface area contributed by atoms with Gasteiger partial charge in [-0.3, -0.25) is 4.79 Å². The molecule has 2 aromatic rings. The van der Waals surface area contributed by atoms with Crippen molar-refractivity contribution in [1.29, 1.82) is 0 Å². The molecule has 1 heterocycles. The lowest BCUT2D eigenvalue weighted by molar-refractivity contribution is 0.100. The van der Waals surface area contributed by atoms with E-state index < -0.39 is 31.7 Å². The molecule has 3 rings (SSSR count). The van der Waals surface area contributed by atoms with Crippen LogP contribution in [-0.4, -0.2) is 35.0 Å². The van der Waals surface area contributed by atoms with Gasteiger partial charge in [0.1, 0.15) is 0 Å². The van der Waals surface area contributed by atoms with Gasteiger partial charge in [-0.25, -0.2) is 21.1 Å². The van der Waals surface area contributed by atoms with Crippen molar-refractivity contribution in [3.8, 4) is 0 Å². The summed E-state index contributed by atoms with van der Waals surface area (Å²) in [5.41, 5.74) is 11.9. The van der Waals surface area contributed by atoms with Crippen molar-refractivity contribution < 1.29 is 21.6 Å². The number of carbonyl (C=O) groups is 1. The minimum atomic E-state index is -4.01. The maximum atomic E-state index is 12.8. The quantitative estimate of drug-likeness (QED) is 0.518. The standard InChI is InChI=1S/C20H20N4O5S2/c1-13-10-17(18(30(2,26)27)11-16(13)19(25)23-20(21)22)24-12-15(8-9-31(24,28)29)14-6-4-3-5-7-14/h3-12H,1-2H3,(H4,21,22,23,25). The van der Waals surface area contributed by atoms with E-state index in [4.69, 9.17) is 11.5 Å². The number of rotatable bonds is 4. The van der Waals surface area contributed by atoms with Gasteiger partial charge in [-0.1, -0.05) is 30.3 Å². The van der Waals surface area contributed by atoms with Gasteiger partial charge in [0.2, 0.25) is 0 Å². The zero-order chi connectivity index (χ0) is 23.0. The molecule has 0 aliphatic carbocycles. The molecule has 0 aromatic heterocycles. The largest absolute Gasteiger partial charge is 0.370 e. The zero-order valence-electron chi connectivity index (χ0n) is 16.7. The average Bonchev–Trinajstić information content (AvgIpc) is 2.66. The van der Waals surface area contributed by atoms with Crippen LogP contribution in [0.1, 0.15) is 21.5 Å². The number of guanidine groups is 1. The molecule has 162 valence electrons. The second kappa shape index (κ2) is 8.00. The SMILES string of the molecule is Cc1cc(N2C=C(c3ccccc3)C=CS2(=O)=O)c(S(C)(=O)=O)cc1C(=O)N=C(N)N. The summed E-state index contributed by atoms with van der Waals surface area (Å²) in [7, 11) is -7.95. The van der Waals surface area contributed by atoms with Crippen molar-refractivity contribution in [2.45, 2.75) is 11.8 Å². The molecule has 0 saturated heterocycles. The number of benzene rings is 2. The third kappa shape index (κ3) is 4.67. The Labute approximate surface area is 180 Å². The van der Waals surface area contributed by atoms with Gasteiger partial charge in [-0.05, 0) is 41.8 Å². The van der Waals surface area contributed by atoms with Crippen LogP contribution in [0.4, 0.5) is 5.69 Å². The fourth-order valence-electron chi connectivity index (χ4n) is 3.03. The number of hydrogen-bond acceptors (Lipinski definition) is 5. The van der Waals surface area contributed by atoms with E-state index in [1.165, 1.54) is 25.3 Å². The molecule has 0 saturated carbocycles. The summed E-state index contributed by atoms with van der Waals surface area (Å²) in [6.45, 7) is 1.53. The fraction of sp³-hybridized carbons (Fsp3) is 0.100. The zero-order valence-corrected chi connectivity index (χ0v) is 18.3. The fourth-order valence-corrected chi connectivity index (χ4v) is 5.09. The number of nitrogens with zero attached hydrogens (tertiary/aromatic N) is 2. The molecule has 0 unspecified atom stereocenters. The van der Waals surface area contributed by atoms with Crippen LogP contribution >= 0.6 is 0 Å². The van der Waals surface area contributed by atoms with Gasteiger partial charge in [-0.2, -0.15) is 4.99 Å². The van der Waals surface area contributed by atoms with Crippen LogP contribution in [0, 0.1) is 6.92 Å². The van der Waals surface area contributed by atoms with E-state index in [9.17, 15) is 21.6 Å². The van der Waals surface area contributed by atoms with E-state index in [1.807, 2.05) is 6.07 Å². The molecule has 9 nitrogen and oxygen atoms in total. The van der Waals surface area contributed by atoms with E-state index in [0.29, 0.717) is 11.1 Å². The molecular weight excluding hydrogens is 440 g/mol. The summed E-state index contributed by atoms with van der Waals surface area (Å²) >= 11 is 0. The Morgan fingerprint density at radius 2 is 1.74 bits per heavy atom. The molecule has 1 aliphatic heterocycles. The Balaban J connectivity index is 2.26. The number of nitrogens with two attached hydrogens (primary N) is 2. The van der Waals surface area contributed by atoms with E-state index in [1.54, 1.807) is 24.3 Å². The molecule has 0 radical (unpaired) electrons. The van der Waals surface area contributed by atoms with Crippen molar-refractivity contribution in [3.63, 3.8) is 0 Å². The van der Waals surface area contributed by atoms with Gasteiger partial charge in [0, 0.05) is 18.0 Å². The Kier molecular flexibility index (Phi) is 5.74. The van der Waals surface area contributed by atoms with E-state index >= 15 is 0 Å². The molecule has 0 spiro atoms. The minimum absolute atomic E-state index is 0.0604. The second-order valence-corrected chi connectivity index (χ2v) is 10.5. The molecule has 0 fully saturated rings. The van der Waals surface area contributed by atoms with Gasteiger partial charge < -0.3 is 11.5 Å². The number of sulfone groups is 1. The highest BCUT2D eigenvalue weighted by molar-refractivity contribution is 7.96. The van der Waals surface area contributed by atoms with Gasteiger partial charge in [0.05, 0.1) is 16.0 Å². The van der Waals surface area contributed by atoms with Crippen LogP contribution in [0.5, 0.6) is 0 Å². The number of aryl methyl sites for hydroxylation is 1. The molecule has 31 heavy (non-hydrogen) atoms. The van der Waals surface area contributed by atoms with Crippen LogP contribution in [0.2, 0.25) is 0 Å². The van der Waals surface area contributed by atoms with Crippen molar-refractivity contribution >= 4 is 43.0 Å². The normalized spacial score (nSPS) is 15.3. The van der Waals surface area contributed by atoms with E-state index in [0.717, 1.165) is 27.6 Å². The first-order valence-electron chi connectivity index (χ1n) is 8.88. The molecule has 4 N–H and O–H groups in total. The molecule has 1 aliphatic rings. The predicted molar refractivity (Wildman–Crippen MR) is 119 cm³/mol. The van der Waals surface area contributed by atoms with E-state index in [2.05, 4.69) is 4.99 Å². The van der Waals surface area contributed by atoms with Crippen LogP contribution in [0.3, 0.4) is 0 Å². The monoisotopic (exact) mass is 460 g/mol. The van der Waals surface area contributed by atoms with Crippen LogP contribution in [-0.2, 0) is 19.9 Å². The van der Waals surface area contributed by atoms with Crippen LogP contribution in [0.15, 0.2) is 70.0 Å². The number of aliphatic imine (C=N–C) groups is 1. The smallest absolute Gasteiger partial charge is 0.280 e. The highest BCUT2D eigenvalue weighted by Gasteiger charge is 2.29. The highest BCUT2D eigenvalue weighted by atomic mass is 32.2. The molecule has 0 atom stereocenters. The number of carbonyl (C=O) groups excluding carboxylic acids is 1. The first-order valence-corrected chi connectivity index (χ1v) is 12.3. The third-order valence-corrected chi connectivity index (χ3v) is 6.92. The predicted octanol–water partition coefficient (Wildman–Crippen LogP) is 1.52. The number of anilines is 1. The van der Waals surface area contributed by atoms with Crippen molar-refractivity contribution in [3.05, 3.63) is 76.8 Å². The Bertz CT molecular complexity index is 1360. The topological polar surface area (TPSA) is 153 Å². The van der Waals surface area contributed by atoms with E-state index in [-0.39, 0.29) is 16.1 Å². The van der Waals surface area contributed by atoms with Gasteiger partial charge >= 0.3 is 0 Å². The van der Waals surface area contributed by atoms with Gasteiger partial charge in [-0.15, -0.1) is 0 Å². The first kappa shape index (κ1) is 22.2. The second-order valence-electron chi connectivity index (χ2n) is 6.84. The summed E-state index contributed by atoms with van der Waals surface area (Å²) in [6.07, 6.45) is 3.70.